The van der Waals surface area contributed by atoms with Crippen molar-refractivity contribution in [3.05, 3.63) is 29.8 Å². The van der Waals surface area contributed by atoms with E-state index in [0.717, 1.165) is 57.4 Å². The van der Waals surface area contributed by atoms with Crippen LogP contribution in [0.4, 0.5) is 0 Å². The second-order valence-electron chi connectivity index (χ2n) is 7.67. The molecule has 7 heteroatoms. The number of benzene rings is 1. The molecular weight excluding hydrogens is 362 g/mol. The molecule has 1 aliphatic carbocycles. The third-order valence-corrected chi connectivity index (χ3v) is 6.95. The number of hydrogen-bond acceptors (Lipinski definition) is 4. The Labute approximate surface area is 162 Å². The van der Waals surface area contributed by atoms with Crippen LogP contribution in [0.15, 0.2) is 29.2 Å². The van der Waals surface area contributed by atoms with Crippen LogP contribution in [0.5, 0.6) is 0 Å². The van der Waals surface area contributed by atoms with Crippen molar-refractivity contribution in [3.63, 3.8) is 0 Å². The molecule has 1 aliphatic heterocycles. The molecular formula is C20H31N3O3S. The number of aryl methyl sites for hydroxylation is 1. The Hall–Kier alpha value is -1.44. The highest BCUT2D eigenvalue weighted by Gasteiger charge is 2.28. The summed E-state index contributed by atoms with van der Waals surface area (Å²) in [5, 5.41) is 3.39. The van der Waals surface area contributed by atoms with Crippen LogP contribution in [-0.4, -0.2) is 51.4 Å². The van der Waals surface area contributed by atoms with Crippen LogP contribution < -0.4 is 10.0 Å². The van der Waals surface area contributed by atoms with Gasteiger partial charge in [0.25, 0.3) is 0 Å². The lowest BCUT2D eigenvalue weighted by atomic mass is 9.96. The SMILES string of the molecule is CCNCC1CCN(C(=O)CCc2ccc(S(=O)(=O)NC3CC3)cc2)CC1. The first-order valence-corrected chi connectivity index (χ1v) is 11.6. The van der Waals surface area contributed by atoms with Gasteiger partial charge in [0.15, 0.2) is 0 Å². The molecule has 6 nitrogen and oxygen atoms in total. The molecule has 0 radical (unpaired) electrons. The molecule has 0 bridgehead atoms. The highest BCUT2D eigenvalue weighted by atomic mass is 32.2. The molecule has 0 unspecified atom stereocenters. The molecule has 0 aromatic heterocycles. The molecule has 2 N–H and O–H groups in total. The standard InChI is InChI=1S/C20H31N3O3S/c1-2-21-15-17-11-13-23(14-12-17)20(24)10-5-16-3-8-19(9-4-16)27(25,26)22-18-6-7-18/h3-4,8-9,17-18,21-22H,2,5-7,10-15H2,1H3. The van der Waals surface area contributed by atoms with Crippen molar-refractivity contribution in [2.45, 2.75) is 56.4 Å². The summed E-state index contributed by atoms with van der Waals surface area (Å²) in [5.74, 6) is 0.872. The normalized spacial score (nSPS) is 18.6. The summed E-state index contributed by atoms with van der Waals surface area (Å²) in [7, 11) is -3.40. The number of nitrogens with one attached hydrogen (secondary N) is 2. The topological polar surface area (TPSA) is 78.5 Å². The molecule has 0 atom stereocenters. The first-order valence-electron chi connectivity index (χ1n) is 10.1. The Balaban J connectivity index is 1.44. The van der Waals surface area contributed by atoms with Crippen LogP contribution in [0.25, 0.3) is 0 Å². The van der Waals surface area contributed by atoms with Gasteiger partial charge in [-0.15, -0.1) is 0 Å². The number of carbonyl (C=O) groups excluding carboxylic acids is 1. The van der Waals surface area contributed by atoms with Crippen molar-refractivity contribution in [1.82, 2.24) is 14.9 Å². The number of carbonyl (C=O) groups is 1. The summed E-state index contributed by atoms with van der Waals surface area (Å²) in [4.78, 5) is 14.7. The minimum atomic E-state index is -3.40. The Bertz CT molecular complexity index is 721. The largest absolute Gasteiger partial charge is 0.343 e. The smallest absolute Gasteiger partial charge is 0.240 e. The van der Waals surface area contributed by atoms with Gasteiger partial charge in [0.05, 0.1) is 4.90 Å². The Morgan fingerprint density at radius 3 is 2.37 bits per heavy atom. The lowest BCUT2D eigenvalue weighted by Gasteiger charge is -2.32. The van der Waals surface area contributed by atoms with Gasteiger partial charge in [-0.05, 0) is 68.8 Å². The molecule has 3 rings (SSSR count). The molecule has 0 spiro atoms. The van der Waals surface area contributed by atoms with Crippen LogP contribution in [-0.2, 0) is 21.2 Å². The number of sulfonamides is 1. The summed E-state index contributed by atoms with van der Waals surface area (Å²) in [6, 6.07) is 7.01. The van der Waals surface area contributed by atoms with Gasteiger partial charge in [0, 0.05) is 25.6 Å². The van der Waals surface area contributed by atoms with Gasteiger partial charge < -0.3 is 10.2 Å². The molecule has 27 heavy (non-hydrogen) atoms. The lowest BCUT2D eigenvalue weighted by Crippen LogP contribution is -2.40. The maximum Gasteiger partial charge on any atom is 0.240 e. The predicted molar refractivity (Wildman–Crippen MR) is 106 cm³/mol. The van der Waals surface area contributed by atoms with Gasteiger partial charge in [-0.2, -0.15) is 0 Å². The Morgan fingerprint density at radius 1 is 1.11 bits per heavy atom. The zero-order chi connectivity index (χ0) is 19.3. The number of piperidine rings is 1. The fraction of sp³-hybridized carbons (Fsp3) is 0.650. The first-order chi connectivity index (χ1) is 13.0. The van der Waals surface area contributed by atoms with Crippen molar-refractivity contribution >= 4 is 15.9 Å². The first kappa shape index (κ1) is 20.3. The fourth-order valence-corrected chi connectivity index (χ4v) is 4.77. The van der Waals surface area contributed by atoms with Gasteiger partial charge in [-0.25, -0.2) is 13.1 Å². The summed E-state index contributed by atoms with van der Waals surface area (Å²) >= 11 is 0. The average molecular weight is 394 g/mol. The van der Waals surface area contributed by atoms with Crippen molar-refractivity contribution < 1.29 is 13.2 Å². The van der Waals surface area contributed by atoms with Crippen molar-refractivity contribution in [3.8, 4) is 0 Å². The molecule has 1 amide bonds. The Kier molecular flexibility index (Phi) is 6.89. The number of rotatable bonds is 9. The Morgan fingerprint density at radius 2 is 1.78 bits per heavy atom. The summed E-state index contributed by atoms with van der Waals surface area (Å²) in [6.07, 6.45) is 5.10. The second-order valence-corrected chi connectivity index (χ2v) is 9.39. The van der Waals surface area contributed by atoms with Crippen LogP contribution >= 0.6 is 0 Å². The van der Waals surface area contributed by atoms with Crippen LogP contribution in [0.2, 0.25) is 0 Å². The average Bonchev–Trinajstić information content (AvgIpc) is 3.48. The minimum absolute atomic E-state index is 0.106. The molecule has 1 aromatic carbocycles. The number of hydrogen-bond donors (Lipinski definition) is 2. The quantitative estimate of drug-likeness (QED) is 0.672. The fourth-order valence-electron chi connectivity index (χ4n) is 3.47. The number of nitrogens with zero attached hydrogens (tertiary/aromatic N) is 1. The van der Waals surface area contributed by atoms with E-state index in [1.807, 2.05) is 17.0 Å². The van der Waals surface area contributed by atoms with Crippen molar-refractivity contribution in [1.29, 1.82) is 0 Å². The van der Waals surface area contributed by atoms with Crippen LogP contribution in [0, 0.1) is 5.92 Å². The van der Waals surface area contributed by atoms with Crippen LogP contribution in [0.1, 0.15) is 44.6 Å². The van der Waals surface area contributed by atoms with Gasteiger partial charge in [0.1, 0.15) is 0 Å². The molecule has 2 fully saturated rings. The molecule has 1 saturated heterocycles. The van der Waals surface area contributed by atoms with E-state index in [1.54, 1.807) is 12.1 Å². The third kappa shape index (κ3) is 6.02. The number of likely N-dealkylation sites (tertiary alicyclic amines) is 1. The molecule has 2 aliphatic rings. The van der Waals surface area contributed by atoms with E-state index in [4.69, 9.17) is 0 Å². The van der Waals surface area contributed by atoms with E-state index in [1.165, 1.54) is 0 Å². The lowest BCUT2D eigenvalue weighted by molar-refractivity contribution is -0.132. The molecule has 1 aromatic rings. The summed E-state index contributed by atoms with van der Waals surface area (Å²) in [6.45, 7) is 5.85. The van der Waals surface area contributed by atoms with Gasteiger partial charge in [-0.3, -0.25) is 4.79 Å². The van der Waals surface area contributed by atoms with Crippen molar-refractivity contribution in [2.75, 3.05) is 26.2 Å². The van der Waals surface area contributed by atoms with Gasteiger partial charge in [-0.1, -0.05) is 19.1 Å². The second kappa shape index (κ2) is 9.17. The zero-order valence-corrected chi connectivity index (χ0v) is 16.9. The van der Waals surface area contributed by atoms with E-state index in [9.17, 15) is 13.2 Å². The van der Waals surface area contributed by atoms with E-state index in [2.05, 4.69) is 17.0 Å². The monoisotopic (exact) mass is 393 g/mol. The molecule has 1 saturated carbocycles. The minimum Gasteiger partial charge on any atom is -0.343 e. The van der Waals surface area contributed by atoms with E-state index in [-0.39, 0.29) is 11.9 Å². The van der Waals surface area contributed by atoms with E-state index in [0.29, 0.717) is 23.7 Å². The highest BCUT2D eigenvalue weighted by molar-refractivity contribution is 7.89. The third-order valence-electron chi connectivity index (χ3n) is 5.41. The van der Waals surface area contributed by atoms with Crippen LogP contribution in [0.3, 0.4) is 0 Å². The highest BCUT2D eigenvalue weighted by Crippen LogP contribution is 2.22. The number of amides is 1. The molecule has 1 heterocycles. The maximum absolute atomic E-state index is 12.5. The predicted octanol–water partition coefficient (Wildman–Crippen LogP) is 1.91. The summed E-state index contributed by atoms with van der Waals surface area (Å²) < 4.78 is 27.0. The van der Waals surface area contributed by atoms with E-state index >= 15 is 0 Å². The van der Waals surface area contributed by atoms with Gasteiger partial charge >= 0.3 is 0 Å². The van der Waals surface area contributed by atoms with Crippen molar-refractivity contribution in [2.24, 2.45) is 5.92 Å². The zero-order valence-electron chi connectivity index (χ0n) is 16.1. The molecule has 150 valence electrons. The van der Waals surface area contributed by atoms with E-state index < -0.39 is 10.0 Å². The van der Waals surface area contributed by atoms with Gasteiger partial charge in [0.2, 0.25) is 15.9 Å². The summed E-state index contributed by atoms with van der Waals surface area (Å²) in [5.41, 5.74) is 0.996. The maximum atomic E-state index is 12.5.